The Balaban J connectivity index is 2.32. The summed E-state index contributed by atoms with van der Waals surface area (Å²) in [6, 6.07) is 18.1. The van der Waals surface area contributed by atoms with E-state index in [9.17, 15) is 0 Å². The average Bonchev–Trinajstić information content (AvgIpc) is 2.42. The molecular weight excluding hydrogens is 242 g/mol. The Morgan fingerprint density at radius 1 is 1.00 bits per heavy atom. The number of rotatable bonds is 4. The Labute approximate surface area is 114 Å². The monoisotopic (exact) mass is 259 g/mol. The van der Waals surface area contributed by atoms with Crippen LogP contribution in [0.15, 0.2) is 54.6 Å². The Hall–Kier alpha value is -1.31. The van der Waals surface area contributed by atoms with Crippen molar-refractivity contribution in [3.63, 3.8) is 0 Å². The van der Waals surface area contributed by atoms with E-state index in [0.717, 1.165) is 29.0 Å². The minimum atomic E-state index is -0.355. The lowest BCUT2D eigenvalue weighted by Crippen LogP contribution is -2.38. The minimum absolute atomic E-state index is 0.355. The summed E-state index contributed by atoms with van der Waals surface area (Å²) in [6.45, 7) is 2.11. The fourth-order valence-electron chi connectivity index (χ4n) is 2.18. The van der Waals surface area contributed by atoms with Crippen molar-refractivity contribution in [2.75, 3.05) is 0 Å². The first-order chi connectivity index (χ1) is 8.65. The van der Waals surface area contributed by atoms with E-state index >= 15 is 0 Å². The lowest BCUT2D eigenvalue weighted by molar-refractivity contribution is 0.425. The van der Waals surface area contributed by atoms with Crippen LogP contribution in [0, 0.1) is 0 Å². The maximum atomic E-state index is 6.56. The molecule has 0 saturated carbocycles. The standard InChI is InChI=1S/C16H18ClN/c1-2-16(18,14-9-4-3-5-10-14)12-13-8-6-7-11-15(13)17/h3-11H,2,12,18H2,1H3. The van der Waals surface area contributed by atoms with Crippen molar-refractivity contribution in [2.24, 2.45) is 5.73 Å². The number of nitrogens with two attached hydrogens (primary N) is 1. The zero-order valence-corrected chi connectivity index (χ0v) is 11.3. The topological polar surface area (TPSA) is 26.0 Å². The summed E-state index contributed by atoms with van der Waals surface area (Å²) in [7, 11) is 0. The Morgan fingerprint density at radius 2 is 1.61 bits per heavy atom. The maximum absolute atomic E-state index is 6.56. The molecule has 2 heteroatoms. The summed E-state index contributed by atoms with van der Waals surface area (Å²) in [6.07, 6.45) is 1.63. The summed E-state index contributed by atoms with van der Waals surface area (Å²) in [5.41, 5.74) is 8.47. The molecule has 0 saturated heterocycles. The molecule has 2 aromatic carbocycles. The molecule has 2 rings (SSSR count). The van der Waals surface area contributed by atoms with Gasteiger partial charge in [0.15, 0.2) is 0 Å². The highest BCUT2D eigenvalue weighted by molar-refractivity contribution is 6.31. The molecule has 0 aromatic heterocycles. The molecule has 1 atom stereocenters. The molecule has 0 aliphatic heterocycles. The van der Waals surface area contributed by atoms with Gasteiger partial charge in [-0.05, 0) is 30.0 Å². The lowest BCUT2D eigenvalue weighted by atomic mass is 9.82. The van der Waals surface area contributed by atoms with Crippen molar-refractivity contribution in [1.82, 2.24) is 0 Å². The van der Waals surface area contributed by atoms with E-state index in [0.29, 0.717) is 0 Å². The van der Waals surface area contributed by atoms with Gasteiger partial charge >= 0.3 is 0 Å². The van der Waals surface area contributed by atoms with Gasteiger partial charge in [0.1, 0.15) is 0 Å². The molecule has 0 amide bonds. The predicted octanol–water partition coefficient (Wildman–Crippen LogP) is 4.15. The van der Waals surface area contributed by atoms with Gasteiger partial charge in [-0.3, -0.25) is 0 Å². The van der Waals surface area contributed by atoms with E-state index in [1.165, 1.54) is 0 Å². The third-order valence-electron chi connectivity index (χ3n) is 3.44. The molecule has 1 unspecified atom stereocenters. The van der Waals surface area contributed by atoms with E-state index in [1.54, 1.807) is 0 Å². The SMILES string of the molecule is CCC(N)(Cc1ccccc1Cl)c1ccccc1. The van der Waals surface area contributed by atoms with Crippen LogP contribution in [0.1, 0.15) is 24.5 Å². The molecule has 0 aliphatic carbocycles. The zero-order valence-electron chi connectivity index (χ0n) is 10.6. The third-order valence-corrected chi connectivity index (χ3v) is 3.81. The van der Waals surface area contributed by atoms with Crippen LogP contribution in [0.5, 0.6) is 0 Å². The van der Waals surface area contributed by atoms with E-state index in [1.807, 2.05) is 42.5 Å². The summed E-state index contributed by atoms with van der Waals surface area (Å²) >= 11 is 6.22. The molecule has 94 valence electrons. The number of benzene rings is 2. The van der Waals surface area contributed by atoms with Gasteiger partial charge in [-0.1, -0.05) is 67.1 Å². The van der Waals surface area contributed by atoms with Gasteiger partial charge in [0.2, 0.25) is 0 Å². The van der Waals surface area contributed by atoms with E-state index in [4.69, 9.17) is 17.3 Å². The van der Waals surface area contributed by atoms with E-state index in [-0.39, 0.29) is 5.54 Å². The zero-order chi connectivity index (χ0) is 13.0. The highest BCUT2D eigenvalue weighted by Crippen LogP contribution is 2.29. The smallest absolute Gasteiger partial charge is 0.0448 e. The predicted molar refractivity (Wildman–Crippen MR) is 77.8 cm³/mol. The second kappa shape index (κ2) is 5.55. The van der Waals surface area contributed by atoms with Crippen LogP contribution in [0.4, 0.5) is 0 Å². The van der Waals surface area contributed by atoms with Gasteiger partial charge < -0.3 is 5.73 Å². The Morgan fingerprint density at radius 3 is 2.22 bits per heavy atom. The van der Waals surface area contributed by atoms with Gasteiger partial charge in [0.25, 0.3) is 0 Å². The van der Waals surface area contributed by atoms with Gasteiger partial charge in [-0.2, -0.15) is 0 Å². The average molecular weight is 260 g/mol. The summed E-state index contributed by atoms with van der Waals surface area (Å²) in [5.74, 6) is 0. The summed E-state index contributed by atoms with van der Waals surface area (Å²) in [4.78, 5) is 0. The quantitative estimate of drug-likeness (QED) is 0.877. The highest BCUT2D eigenvalue weighted by Gasteiger charge is 2.26. The molecule has 2 N–H and O–H groups in total. The maximum Gasteiger partial charge on any atom is 0.0448 e. The van der Waals surface area contributed by atoms with Crippen molar-refractivity contribution in [3.05, 3.63) is 70.7 Å². The molecule has 0 bridgehead atoms. The van der Waals surface area contributed by atoms with Crippen molar-refractivity contribution in [2.45, 2.75) is 25.3 Å². The van der Waals surface area contributed by atoms with Crippen molar-refractivity contribution in [1.29, 1.82) is 0 Å². The van der Waals surface area contributed by atoms with Crippen LogP contribution in [-0.4, -0.2) is 0 Å². The Kier molecular flexibility index (Phi) is 4.05. The fraction of sp³-hybridized carbons (Fsp3) is 0.250. The van der Waals surface area contributed by atoms with Crippen LogP contribution in [0.3, 0.4) is 0 Å². The van der Waals surface area contributed by atoms with Crippen LogP contribution < -0.4 is 5.73 Å². The summed E-state index contributed by atoms with van der Waals surface area (Å²) in [5, 5.41) is 0.789. The largest absolute Gasteiger partial charge is 0.321 e. The van der Waals surface area contributed by atoms with Gasteiger partial charge in [0.05, 0.1) is 0 Å². The van der Waals surface area contributed by atoms with Crippen molar-refractivity contribution in [3.8, 4) is 0 Å². The van der Waals surface area contributed by atoms with Crippen LogP contribution in [0.2, 0.25) is 5.02 Å². The van der Waals surface area contributed by atoms with E-state index < -0.39 is 0 Å². The number of hydrogen-bond acceptors (Lipinski definition) is 1. The first-order valence-electron chi connectivity index (χ1n) is 6.23. The van der Waals surface area contributed by atoms with E-state index in [2.05, 4.69) is 19.1 Å². The fourth-order valence-corrected chi connectivity index (χ4v) is 2.39. The van der Waals surface area contributed by atoms with Crippen LogP contribution >= 0.6 is 11.6 Å². The first-order valence-corrected chi connectivity index (χ1v) is 6.61. The van der Waals surface area contributed by atoms with Gasteiger partial charge in [0, 0.05) is 10.6 Å². The molecule has 2 aromatic rings. The lowest BCUT2D eigenvalue weighted by Gasteiger charge is -2.29. The molecule has 0 heterocycles. The first kappa shape index (κ1) is 13.1. The molecule has 0 spiro atoms. The van der Waals surface area contributed by atoms with Gasteiger partial charge in [-0.25, -0.2) is 0 Å². The van der Waals surface area contributed by atoms with Crippen molar-refractivity contribution >= 4 is 11.6 Å². The highest BCUT2D eigenvalue weighted by atomic mass is 35.5. The third kappa shape index (κ3) is 2.74. The molecular formula is C16H18ClN. The number of hydrogen-bond donors (Lipinski definition) is 1. The molecule has 0 fully saturated rings. The second-order valence-electron chi connectivity index (χ2n) is 4.64. The molecule has 1 nitrogen and oxygen atoms in total. The normalized spacial score (nSPS) is 14.2. The van der Waals surface area contributed by atoms with Crippen molar-refractivity contribution < 1.29 is 0 Å². The Bertz CT molecular complexity index is 510. The molecule has 0 aliphatic rings. The summed E-state index contributed by atoms with van der Waals surface area (Å²) < 4.78 is 0. The minimum Gasteiger partial charge on any atom is -0.321 e. The van der Waals surface area contributed by atoms with Gasteiger partial charge in [-0.15, -0.1) is 0 Å². The second-order valence-corrected chi connectivity index (χ2v) is 5.05. The molecule has 0 radical (unpaired) electrons. The van der Waals surface area contributed by atoms with Crippen LogP contribution in [0.25, 0.3) is 0 Å². The molecule has 18 heavy (non-hydrogen) atoms. The van der Waals surface area contributed by atoms with Crippen LogP contribution in [-0.2, 0) is 12.0 Å². The number of halogens is 1.